The number of halogens is 1. The summed E-state index contributed by atoms with van der Waals surface area (Å²) in [5.41, 5.74) is 3.96. The zero-order valence-electron chi connectivity index (χ0n) is 15.2. The second kappa shape index (κ2) is 6.06. The van der Waals surface area contributed by atoms with Gasteiger partial charge in [0.05, 0.1) is 11.0 Å². The van der Waals surface area contributed by atoms with E-state index in [0.29, 0.717) is 5.82 Å². The summed E-state index contributed by atoms with van der Waals surface area (Å²) in [6, 6.07) is 14.4. The van der Waals surface area contributed by atoms with E-state index in [-0.39, 0.29) is 5.54 Å². The van der Waals surface area contributed by atoms with E-state index in [1.807, 2.05) is 25.2 Å². The number of nitrogens with zero attached hydrogens (tertiary/aromatic N) is 5. The molecule has 26 heavy (non-hydrogen) atoms. The highest BCUT2D eigenvalue weighted by Gasteiger charge is 2.24. The maximum absolute atomic E-state index is 4.97. The van der Waals surface area contributed by atoms with Gasteiger partial charge in [-0.25, -0.2) is 9.97 Å². The predicted molar refractivity (Wildman–Crippen MR) is 108 cm³/mol. The number of aryl methyl sites for hydroxylation is 1. The van der Waals surface area contributed by atoms with E-state index in [2.05, 4.69) is 75.6 Å². The number of hydrogen-bond donors (Lipinski definition) is 0. The molecule has 0 aliphatic heterocycles. The highest BCUT2D eigenvalue weighted by molar-refractivity contribution is 9.10. The normalized spacial score (nSPS) is 12.0. The van der Waals surface area contributed by atoms with E-state index in [9.17, 15) is 0 Å². The highest BCUT2D eigenvalue weighted by atomic mass is 79.9. The van der Waals surface area contributed by atoms with Crippen molar-refractivity contribution in [2.45, 2.75) is 26.3 Å². The number of rotatable bonds is 2. The van der Waals surface area contributed by atoms with E-state index >= 15 is 0 Å². The van der Waals surface area contributed by atoms with Crippen molar-refractivity contribution < 1.29 is 0 Å². The second-order valence-corrected chi connectivity index (χ2v) is 8.28. The maximum atomic E-state index is 4.97. The summed E-state index contributed by atoms with van der Waals surface area (Å²) >= 11 is 3.55. The highest BCUT2D eigenvalue weighted by Crippen LogP contribution is 2.36. The molecule has 4 aromatic rings. The number of benzene rings is 2. The zero-order chi connectivity index (χ0) is 18.5. The summed E-state index contributed by atoms with van der Waals surface area (Å²) in [4.78, 5) is 9.41. The molecule has 0 aliphatic rings. The smallest absolute Gasteiger partial charge is 0.181 e. The average Bonchev–Trinajstić information content (AvgIpc) is 3.17. The van der Waals surface area contributed by atoms with Gasteiger partial charge >= 0.3 is 0 Å². The van der Waals surface area contributed by atoms with Crippen LogP contribution in [0.15, 0.2) is 53.3 Å². The molecule has 0 N–H and O–H groups in total. The molecule has 0 radical (unpaired) electrons. The topological polar surface area (TPSA) is 48.5 Å². The molecule has 5 nitrogen and oxygen atoms in total. The Morgan fingerprint density at radius 2 is 1.73 bits per heavy atom. The fourth-order valence-corrected chi connectivity index (χ4v) is 3.60. The maximum Gasteiger partial charge on any atom is 0.181 e. The fourth-order valence-electron chi connectivity index (χ4n) is 3.25. The molecule has 6 heteroatoms. The van der Waals surface area contributed by atoms with Crippen LogP contribution < -0.4 is 0 Å². The Balaban J connectivity index is 2.04. The first-order chi connectivity index (χ1) is 12.3. The quantitative estimate of drug-likeness (QED) is 0.467. The van der Waals surface area contributed by atoms with Gasteiger partial charge in [-0.05, 0) is 39.0 Å². The Hall–Kier alpha value is -2.47. The molecule has 0 aliphatic carbocycles. The van der Waals surface area contributed by atoms with Crippen molar-refractivity contribution in [1.29, 1.82) is 0 Å². The molecule has 2 heterocycles. The lowest BCUT2D eigenvalue weighted by Gasteiger charge is -2.25. The second-order valence-electron chi connectivity index (χ2n) is 7.36. The molecule has 0 amide bonds. The Labute approximate surface area is 160 Å². The minimum Gasteiger partial charge on any atom is -0.319 e. The molecule has 0 saturated carbocycles. The molecule has 4 rings (SSSR count). The van der Waals surface area contributed by atoms with Gasteiger partial charge in [-0.15, -0.1) is 0 Å². The van der Waals surface area contributed by atoms with Gasteiger partial charge in [-0.3, -0.25) is 4.68 Å². The van der Waals surface area contributed by atoms with Crippen LogP contribution in [-0.2, 0) is 12.6 Å². The molecular weight excluding hydrogens is 390 g/mol. The molecule has 0 spiro atoms. The van der Waals surface area contributed by atoms with Crippen molar-refractivity contribution in [3.8, 4) is 22.8 Å². The van der Waals surface area contributed by atoms with Gasteiger partial charge in [0.25, 0.3) is 0 Å². The zero-order valence-corrected chi connectivity index (χ0v) is 16.8. The summed E-state index contributed by atoms with van der Waals surface area (Å²) in [5.74, 6) is 1.63. The third kappa shape index (κ3) is 2.84. The molecule has 2 aromatic carbocycles. The van der Waals surface area contributed by atoms with Crippen LogP contribution >= 0.6 is 15.9 Å². The minimum atomic E-state index is -0.122. The van der Waals surface area contributed by atoms with E-state index < -0.39 is 0 Å². The van der Waals surface area contributed by atoms with Gasteiger partial charge in [0, 0.05) is 28.2 Å². The van der Waals surface area contributed by atoms with Crippen molar-refractivity contribution in [3.05, 3.63) is 53.3 Å². The fraction of sp³-hybridized carbons (Fsp3) is 0.250. The van der Waals surface area contributed by atoms with Crippen molar-refractivity contribution in [3.63, 3.8) is 0 Å². The van der Waals surface area contributed by atoms with Gasteiger partial charge in [0.2, 0.25) is 0 Å². The number of hydrogen-bond acceptors (Lipinski definition) is 3. The van der Waals surface area contributed by atoms with Crippen LogP contribution in [0.2, 0.25) is 0 Å². The van der Waals surface area contributed by atoms with Gasteiger partial charge in [-0.2, -0.15) is 5.10 Å². The van der Waals surface area contributed by atoms with Crippen LogP contribution in [0.5, 0.6) is 0 Å². The molecule has 132 valence electrons. The third-order valence-electron chi connectivity index (χ3n) is 4.30. The summed E-state index contributed by atoms with van der Waals surface area (Å²) in [5, 5.41) is 4.49. The molecule has 0 unspecified atom stereocenters. The van der Waals surface area contributed by atoms with Crippen LogP contribution in [0.3, 0.4) is 0 Å². The van der Waals surface area contributed by atoms with Gasteiger partial charge in [-0.1, -0.05) is 40.2 Å². The molecular formula is C20H20BrN5. The first-order valence-electron chi connectivity index (χ1n) is 8.48. The van der Waals surface area contributed by atoms with Gasteiger partial charge < -0.3 is 4.57 Å². The van der Waals surface area contributed by atoms with Crippen molar-refractivity contribution in [2.24, 2.45) is 7.05 Å². The van der Waals surface area contributed by atoms with Crippen LogP contribution in [0.1, 0.15) is 20.8 Å². The minimum absolute atomic E-state index is 0.122. The lowest BCUT2D eigenvalue weighted by atomic mass is 10.0. The third-order valence-corrected chi connectivity index (χ3v) is 4.79. The molecule has 0 atom stereocenters. The van der Waals surface area contributed by atoms with Crippen LogP contribution in [0.4, 0.5) is 0 Å². The van der Waals surface area contributed by atoms with Crippen molar-refractivity contribution in [1.82, 2.24) is 24.3 Å². The molecule has 0 fully saturated rings. The number of fused-ring (bicyclic) bond motifs is 1. The SMILES string of the molecule is Cn1cnc(-c2ccccc2-c2nc3cc(Br)ccc3n2C(C)(C)C)n1. The van der Waals surface area contributed by atoms with E-state index in [4.69, 9.17) is 4.98 Å². The monoisotopic (exact) mass is 409 g/mol. The Kier molecular flexibility index (Phi) is 3.95. The van der Waals surface area contributed by atoms with Crippen LogP contribution in [0.25, 0.3) is 33.8 Å². The van der Waals surface area contributed by atoms with Crippen molar-refractivity contribution in [2.75, 3.05) is 0 Å². The van der Waals surface area contributed by atoms with E-state index in [1.54, 1.807) is 11.0 Å². The van der Waals surface area contributed by atoms with E-state index in [1.165, 1.54) is 0 Å². The molecule has 0 bridgehead atoms. The average molecular weight is 410 g/mol. The lowest BCUT2D eigenvalue weighted by Crippen LogP contribution is -2.22. The first-order valence-corrected chi connectivity index (χ1v) is 9.28. The van der Waals surface area contributed by atoms with Crippen LogP contribution in [-0.4, -0.2) is 24.3 Å². The van der Waals surface area contributed by atoms with Gasteiger partial charge in [0.15, 0.2) is 5.82 Å². The number of imidazole rings is 1. The summed E-state index contributed by atoms with van der Waals surface area (Å²) in [6.07, 6.45) is 1.72. The Morgan fingerprint density at radius 1 is 1.00 bits per heavy atom. The first kappa shape index (κ1) is 17.0. The summed E-state index contributed by atoms with van der Waals surface area (Å²) in [7, 11) is 1.88. The van der Waals surface area contributed by atoms with Crippen molar-refractivity contribution >= 4 is 27.0 Å². The Bertz CT molecular complexity index is 1100. The summed E-state index contributed by atoms with van der Waals surface area (Å²) in [6.45, 7) is 6.59. The van der Waals surface area contributed by atoms with Gasteiger partial charge in [0.1, 0.15) is 12.2 Å². The van der Waals surface area contributed by atoms with Crippen LogP contribution in [0, 0.1) is 0 Å². The summed E-state index contributed by atoms with van der Waals surface area (Å²) < 4.78 is 5.03. The standard InChI is InChI=1S/C20H20BrN5/c1-20(2,3)26-17-10-9-13(21)11-16(17)23-19(26)15-8-6-5-7-14(15)18-22-12-25(4)24-18/h5-12H,1-4H3. The van der Waals surface area contributed by atoms with E-state index in [0.717, 1.165) is 32.5 Å². The molecule has 0 saturated heterocycles. The molecule has 2 aromatic heterocycles. The number of aromatic nitrogens is 5. The largest absolute Gasteiger partial charge is 0.319 e. The predicted octanol–water partition coefficient (Wildman–Crippen LogP) is 5.02. The lowest BCUT2D eigenvalue weighted by molar-refractivity contribution is 0.413. The Morgan fingerprint density at radius 3 is 2.38 bits per heavy atom.